The zero-order valence-electron chi connectivity index (χ0n) is 40.1. The summed E-state index contributed by atoms with van der Waals surface area (Å²) < 4.78 is 341. The van der Waals surface area contributed by atoms with Gasteiger partial charge < -0.3 is 4.18 Å². The molecule has 0 radical (unpaired) electrons. The molecule has 3 rings (SSSR count). The Hall–Kier alpha value is -4.13. The molecule has 0 saturated carbocycles. The summed E-state index contributed by atoms with van der Waals surface area (Å²) in [7, 11) is -4.61. The van der Waals surface area contributed by atoms with Crippen molar-refractivity contribution < 1.29 is 110 Å². The lowest BCUT2D eigenvalue weighted by atomic mass is 9.85. The summed E-state index contributed by atoms with van der Waals surface area (Å²) in [5.41, 5.74) is 1.91. The van der Waals surface area contributed by atoms with Gasteiger partial charge in [0.2, 0.25) is 0 Å². The van der Waals surface area contributed by atoms with Crippen LogP contribution in [0, 0.1) is 0 Å². The molecule has 0 spiro atoms. The SMILES string of the molecule is CCCc1cc(CCC)c(S(OC(=O)C(F)(F)C(F)(F)C(F)(F)C(F)(F)C(F)(F)C(F)(F)C(F)(F)C(F)(F)C(F)(F)C(F)(F)C(F)(F)F)(c2ccccc2)c2c(CCC)cc(CCC)cc2CCC)c(CCC)c1. The fraction of sp³-hybridized carbons (Fsp3) is 0.604. The maximum Gasteiger partial charge on any atom is 0.460 e. The number of hydrogen-bond donors (Lipinski definition) is 0. The molecule has 3 aromatic carbocycles. The third-order valence-electron chi connectivity index (χ3n) is 11.8. The molecule has 0 saturated heterocycles. The van der Waals surface area contributed by atoms with Crippen LogP contribution in [0.15, 0.2) is 69.3 Å². The van der Waals surface area contributed by atoms with Crippen molar-refractivity contribution in [2.24, 2.45) is 0 Å². The maximum absolute atomic E-state index is 16.5. The van der Waals surface area contributed by atoms with Crippen molar-refractivity contribution in [3.8, 4) is 0 Å². The Kier molecular flexibility index (Phi) is 19.1. The highest BCUT2D eigenvalue weighted by atomic mass is 32.3. The minimum Gasteiger partial charge on any atom is -0.397 e. The minimum atomic E-state index is -9.58. The second-order valence-electron chi connectivity index (χ2n) is 17.5. The Labute approximate surface area is 412 Å². The van der Waals surface area contributed by atoms with Crippen molar-refractivity contribution in [3.63, 3.8) is 0 Å². The van der Waals surface area contributed by atoms with Crippen LogP contribution in [0.3, 0.4) is 0 Å². The Balaban J connectivity index is 2.60. The van der Waals surface area contributed by atoms with Gasteiger partial charge in [-0.15, -0.1) is 0 Å². The van der Waals surface area contributed by atoms with Gasteiger partial charge in [-0.1, -0.05) is 123 Å². The third kappa shape index (κ3) is 10.2. The van der Waals surface area contributed by atoms with E-state index in [-0.39, 0.29) is 88.3 Å². The van der Waals surface area contributed by atoms with E-state index in [0.717, 1.165) is 12.1 Å². The average Bonchev–Trinajstić information content (AvgIpc) is 3.28. The van der Waals surface area contributed by atoms with Crippen molar-refractivity contribution in [1.29, 1.82) is 0 Å². The predicted octanol–water partition coefficient (Wildman–Crippen LogP) is 18.1. The monoisotopic (exact) mass is 1130 g/mol. The van der Waals surface area contributed by atoms with Crippen LogP contribution in [-0.4, -0.2) is 71.4 Å². The summed E-state index contributed by atoms with van der Waals surface area (Å²) in [5, 5.41) is 0. The Morgan fingerprint density at radius 1 is 0.378 bits per heavy atom. The summed E-state index contributed by atoms with van der Waals surface area (Å²) >= 11 is 0. The van der Waals surface area contributed by atoms with Crippen molar-refractivity contribution >= 4 is 16.3 Å². The first kappa shape index (κ1) is 64.2. The van der Waals surface area contributed by atoms with Crippen LogP contribution in [-0.2, 0) is 47.5 Å². The van der Waals surface area contributed by atoms with Crippen LogP contribution in [0.25, 0.3) is 0 Å². The van der Waals surface area contributed by atoms with Gasteiger partial charge in [0.1, 0.15) is 0 Å². The van der Waals surface area contributed by atoms with E-state index in [1.165, 1.54) is 18.2 Å². The summed E-state index contributed by atoms with van der Waals surface area (Å²) in [5.74, 6) is -94.6. The molecule has 0 unspecified atom stereocenters. The molecule has 0 bridgehead atoms. The number of aryl methyl sites for hydroxylation is 6. The van der Waals surface area contributed by atoms with Crippen LogP contribution in [0.4, 0.5) is 101 Å². The smallest absolute Gasteiger partial charge is 0.397 e. The van der Waals surface area contributed by atoms with Gasteiger partial charge in [0.25, 0.3) is 0 Å². The molecular formula is C48H51F23O2S. The Morgan fingerprint density at radius 3 is 0.892 bits per heavy atom. The standard InChI is InChI=1S/C48H51F23O2S/c1-7-16-28-24-30(18-9-3)35(31(25-28)19-10-4)74(34-22-14-13-15-23-34,36-32(20-11-5)26-29(17-8-2)27-33(36)21-12-6)73-37(72)38(49,50)39(51,52)40(53,54)41(55,56)42(57,58)43(59,60)44(61,62)45(63,64)46(65,66)47(67,68)48(69,70)71/h13-15,22-27H,7-12,16-21H2,1-6H3. The van der Waals surface area contributed by atoms with Gasteiger partial charge in [-0.3, -0.25) is 0 Å². The van der Waals surface area contributed by atoms with Crippen molar-refractivity contribution in [2.75, 3.05) is 0 Å². The Bertz CT molecular complexity index is 2270. The molecule has 0 atom stereocenters. The van der Waals surface area contributed by atoms with Gasteiger partial charge in [0.15, 0.2) is 0 Å². The lowest BCUT2D eigenvalue weighted by molar-refractivity contribution is -0.477. The number of hydrogen-bond acceptors (Lipinski definition) is 2. The van der Waals surface area contributed by atoms with Gasteiger partial charge in [-0.05, 0) is 94.3 Å². The highest BCUT2D eigenvalue weighted by Gasteiger charge is 2.99. The molecule has 0 aromatic heterocycles. The van der Waals surface area contributed by atoms with Gasteiger partial charge in [-0.25, -0.2) is 4.79 Å². The maximum atomic E-state index is 16.5. The zero-order valence-corrected chi connectivity index (χ0v) is 40.9. The van der Waals surface area contributed by atoms with E-state index in [1.54, 1.807) is 65.8 Å². The van der Waals surface area contributed by atoms with Crippen LogP contribution < -0.4 is 0 Å². The van der Waals surface area contributed by atoms with E-state index < -0.39 is 81.7 Å². The van der Waals surface area contributed by atoms with Gasteiger partial charge in [0.05, 0.1) is 0 Å². The Morgan fingerprint density at radius 2 is 0.635 bits per heavy atom. The summed E-state index contributed by atoms with van der Waals surface area (Å²) in [6.07, 6.45) is -5.83. The molecule has 74 heavy (non-hydrogen) atoms. The van der Waals surface area contributed by atoms with Crippen LogP contribution >= 0.6 is 10.3 Å². The molecule has 422 valence electrons. The lowest BCUT2D eigenvalue weighted by Crippen LogP contribution is -2.78. The molecule has 26 heteroatoms. The number of benzene rings is 3. The highest BCUT2D eigenvalue weighted by Crippen LogP contribution is 2.74. The average molecular weight is 1130 g/mol. The molecule has 0 aliphatic carbocycles. The fourth-order valence-corrected chi connectivity index (χ4v) is 12.1. The number of carbonyl (C=O) groups is 1. The second-order valence-corrected chi connectivity index (χ2v) is 20.0. The van der Waals surface area contributed by atoms with Gasteiger partial charge in [-0.2, -0.15) is 101 Å². The quantitative estimate of drug-likeness (QED) is 0.0749. The molecule has 0 aliphatic rings. The summed E-state index contributed by atoms with van der Waals surface area (Å²) in [6.45, 7) is 10.1. The van der Waals surface area contributed by atoms with Crippen LogP contribution in [0.1, 0.15) is 113 Å². The van der Waals surface area contributed by atoms with Crippen LogP contribution in [0.2, 0.25) is 0 Å². The first-order valence-corrected chi connectivity index (χ1v) is 24.4. The largest absolute Gasteiger partial charge is 0.460 e. The molecule has 0 amide bonds. The topological polar surface area (TPSA) is 26.3 Å². The highest BCUT2D eigenvalue weighted by molar-refractivity contribution is 8.30. The number of carbonyl (C=O) groups excluding carboxylic acids is 1. The van der Waals surface area contributed by atoms with E-state index in [2.05, 4.69) is 0 Å². The minimum absolute atomic E-state index is 0.0352. The fourth-order valence-electron chi connectivity index (χ4n) is 8.21. The summed E-state index contributed by atoms with van der Waals surface area (Å²) in [4.78, 5) is 13.5. The van der Waals surface area contributed by atoms with E-state index >= 15 is 35.1 Å². The predicted molar refractivity (Wildman–Crippen MR) is 227 cm³/mol. The van der Waals surface area contributed by atoms with E-state index in [4.69, 9.17) is 4.18 Å². The number of rotatable bonds is 26. The van der Waals surface area contributed by atoms with Crippen molar-refractivity contribution in [2.45, 2.75) is 199 Å². The zero-order chi connectivity index (χ0) is 57.3. The lowest BCUT2D eigenvalue weighted by Gasteiger charge is -2.46. The van der Waals surface area contributed by atoms with E-state index in [1.807, 2.05) is 0 Å². The molecule has 3 aromatic rings. The molecular weight excluding hydrogens is 1080 g/mol. The molecule has 0 aliphatic heterocycles. The van der Waals surface area contributed by atoms with Crippen molar-refractivity contribution in [3.05, 3.63) is 88.0 Å². The number of alkyl halides is 23. The normalized spacial score (nSPS) is 14.7. The molecule has 2 nitrogen and oxygen atoms in total. The second kappa shape index (κ2) is 22.1. The first-order valence-electron chi connectivity index (χ1n) is 22.9. The van der Waals surface area contributed by atoms with Gasteiger partial charge in [0, 0.05) is 14.7 Å². The number of halogens is 23. The third-order valence-corrected chi connectivity index (χ3v) is 15.3. The molecule has 0 N–H and O–H groups in total. The molecule has 0 heterocycles. The van der Waals surface area contributed by atoms with E-state index in [0.29, 0.717) is 36.8 Å². The van der Waals surface area contributed by atoms with Crippen molar-refractivity contribution in [1.82, 2.24) is 0 Å². The first-order chi connectivity index (χ1) is 33.6. The van der Waals surface area contributed by atoms with E-state index in [9.17, 15) is 70.7 Å². The summed E-state index contributed by atoms with van der Waals surface area (Å²) in [6, 6.07) is 12.2. The molecule has 0 fully saturated rings. The van der Waals surface area contributed by atoms with Gasteiger partial charge >= 0.3 is 71.4 Å². The van der Waals surface area contributed by atoms with Crippen LogP contribution in [0.5, 0.6) is 0 Å².